The molecule has 2 heterocycles. The average molecular weight is 521 g/mol. The van der Waals surface area contributed by atoms with E-state index in [4.69, 9.17) is 4.74 Å². The van der Waals surface area contributed by atoms with E-state index < -0.39 is 11.2 Å². The maximum Gasteiger partial charge on any atom is 0.332 e. The van der Waals surface area contributed by atoms with Gasteiger partial charge in [-0.1, -0.05) is 29.8 Å². The molecule has 2 aromatic heterocycles. The second kappa shape index (κ2) is 11.7. The number of nitrogens with zero attached hydrogens (tertiary/aromatic N) is 2. The Kier molecular flexibility index (Phi) is 8.19. The van der Waals surface area contributed by atoms with Gasteiger partial charge >= 0.3 is 5.69 Å². The number of thiophene rings is 1. The molecule has 0 atom stereocenters. The van der Waals surface area contributed by atoms with Gasteiger partial charge in [0.05, 0.1) is 12.6 Å². The molecule has 4 rings (SSSR count). The normalized spacial score (nSPS) is 10.9. The number of rotatable bonds is 10. The predicted octanol–water partition coefficient (Wildman–Crippen LogP) is 3.28. The van der Waals surface area contributed by atoms with Crippen LogP contribution in [0.1, 0.15) is 24.0 Å². The molecule has 37 heavy (non-hydrogen) atoms. The molecule has 0 aliphatic rings. The number of carbonyl (C=O) groups is 2. The second-order valence-corrected chi connectivity index (χ2v) is 9.52. The standard InChI is InChI=1S/C27H28N4O5S/c1-18-5-7-19(8-6-18)16-28-24(33)17-31-22-13-15-37-25(22)26(34)30(27(31)35)14-3-4-23(32)29-20-9-11-21(36-2)12-10-20/h5-13,15H,3-4,14,16-17H2,1-2H3,(H,28,33)(H,29,32). The largest absolute Gasteiger partial charge is 0.497 e. The lowest BCUT2D eigenvalue weighted by Crippen LogP contribution is -2.42. The summed E-state index contributed by atoms with van der Waals surface area (Å²) in [6.45, 7) is 2.18. The van der Waals surface area contributed by atoms with Gasteiger partial charge in [-0.2, -0.15) is 0 Å². The average Bonchev–Trinajstić information content (AvgIpc) is 3.39. The number of fused-ring (bicyclic) bond motifs is 1. The van der Waals surface area contributed by atoms with Gasteiger partial charge in [-0.05, 0) is 54.6 Å². The highest BCUT2D eigenvalue weighted by Gasteiger charge is 2.17. The SMILES string of the molecule is COc1ccc(NC(=O)CCCn2c(=O)c3sccc3n(CC(=O)NCc3ccc(C)cc3)c2=O)cc1. The Morgan fingerprint density at radius 3 is 2.38 bits per heavy atom. The first-order valence-electron chi connectivity index (χ1n) is 11.8. The van der Waals surface area contributed by atoms with Gasteiger partial charge in [0.1, 0.15) is 17.0 Å². The van der Waals surface area contributed by atoms with Gasteiger partial charge in [0.25, 0.3) is 5.56 Å². The minimum absolute atomic E-state index is 0.0620. The Balaban J connectivity index is 1.42. The van der Waals surface area contributed by atoms with Crippen molar-refractivity contribution in [2.24, 2.45) is 0 Å². The van der Waals surface area contributed by atoms with E-state index in [1.807, 2.05) is 31.2 Å². The van der Waals surface area contributed by atoms with Crippen LogP contribution in [-0.2, 0) is 29.2 Å². The fraction of sp³-hybridized carbons (Fsp3) is 0.259. The zero-order valence-electron chi connectivity index (χ0n) is 20.7. The van der Waals surface area contributed by atoms with E-state index in [9.17, 15) is 19.2 Å². The van der Waals surface area contributed by atoms with Crippen LogP contribution < -0.4 is 26.6 Å². The number of carbonyl (C=O) groups excluding carboxylic acids is 2. The van der Waals surface area contributed by atoms with E-state index in [-0.39, 0.29) is 37.7 Å². The number of ether oxygens (including phenoxy) is 1. The van der Waals surface area contributed by atoms with E-state index in [0.717, 1.165) is 15.7 Å². The van der Waals surface area contributed by atoms with Crippen LogP contribution in [0.15, 0.2) is 69.6 Å². The summed E-state index contributed by atoms with van der Waals surface area (Å²) in [4.78, 5) is 51.2. The van der Waals surface area contributed by atoms with Crippen LogP contribution in [0.4, 0.5) is 5.69 Å². The van der Waals surface area contributed by atoms with Gasteiger partial charge < -0.3 is 15.4 Å². The number of amides is 2. The third-order valence-electron chi connectivity index (χ3n) is 5.91. The summed E-state index contributed by atoms with van der Waals surface area (Å²) in [5.41, 5.74) is 2.14. The molecule has 0 fully saturated rings. The summed E-state index contributed by atoms with van der Waals surface area (Å²) in [5.74, 6) is 0.118. The maximum atomic E-state index is 13.2. The van der Waals surface area contributed by atoms with Crippen molar-refractivity contribution in [3.8, 4) is 5.75 Å². The van der Waals surface area contributed by atoms with Crippen LogP contribution >= 0.6 is 11.3 Å². The molecule has 9 nitrogen and oxygen atoms in total. The van der Waals surface area contributed by atoms with Crippen molar-refractivity contribution in [3.05, 3.63) is 91.9 Å². The molecule has 4 aromatic rings. The van der Waals surface area contributed by atoms with Crippen LogP contribution in [0.5, 0.6) is 5.75 Å². The fourth-order valence-electron chi connectivity index (χ4n) is 3.88. The van der Waals surface area contributed by atoms with Gasteiger partial charge in [-0.3, -0.25) is 23.5 Å². The maximum absolute atomic E-state index is 13.2. The number of aromatic nitrogens is 2. The number of anilines is 1. The molecule has 0 saturated heterocycles. The van der Waals surface area contributed by atoms with Crippen molar-refractivity contribution in [2.75, 3.05) is 12.4 Å². The fourth-order valence-corrected chi connectivity index (χ4v) is 4.73. The number of hydrogen-bond acceptors (Lipinski definition) is 6. The lowest BCUT2D eigenvalue weighted by Gasteiger charge is -2.13. The highest BCUT2D eigenvalue weighted by molar-refractivity contribution is 7.17. The molecule has 0 bridgehead atoms. The minimum atomic E-state index is -0.572. The minimum Gasteiger partial charge on any atom is -0.497 e. The Labute approximate surface area is 217 Å². The summed E-state index contributed by atoms with van der Waals surface area (Å²) in [6.07, 6.45) is 0.408. The van der Waals surface area contributed by atoms with E-state index in [1.165, 1.54) is 15.9 Å². The molecule has 0 aliphatic carbocycles. The Bertz CT molecular complexity index is 1520. The number of nitrogens with one attached hydrogen (secondary N) is 2. The molecule has 0 saturated carbocycles. The molecule has 2 N–H and O–H groups in total. The van der Waals surface area contributed by atoms with E-state index in [0.29, 0.717) is 28.2 Å². The monoisotopic (exact) mass is 520 g/mol. The van der Waals surface area contributed by atoms with Gasteiger partial charge in [0, 0.05) is 25.2 Å². The Hall–Kier alpha value is -4.18. The van der Waals surface area contributed by atoms with Crippen LogP contribution in [-0.4, -0.2) is 28.1 Å². The summed E-state index contributed by atoms with van der Waals surface area (Å²) >= 11 is 1.22. The zero-order chi connectivity index (χ0) is 26.4. The second-order valence-electron chi connectivity index (χ2n) is 8.60. The quantitative estimate of drug-likeness (QED) is 0.333. The summed E-state index contributed by atoms with van der Waals surface area (Å²) in [5, 5.41) is 7.34. The van der Waals surface area contributed by atoms with Crippen molar-refractivity contribution in [2.45, 2.75) is 39.4 Å². The number of benzene rings is 2. The molecule has 0 spiro atoms. The third-order valence-corrected chi connectivity index (χ3v) is 6.80. The Morgan fingerprint density at radius 2 is 1.68 bits per heavy atom. The number of aryl methyl sites for hydroxylation is 1. The van der Waals surface area contributed by atoms with E-state index in [2.05, 4.69) is 10.6 Å². The molecule has 2 aromatic carbocycles. The van der Waals surface area contributed by atoms with Gasteiger partial charge in [0.15, 0.2) is 0 Å². The van der Waals surface area contributed by atoms with Crippen LogP contribution in [0.3, 0.4) is 0 Å². The van der Waals surface area contributed by atoms with Crippen molar-refractivity contribution in [3.63, 3.8) is 0 Å². The van der Waals surface area contributed by atoms with Crippen LogP contribution in [0.25, 0.3) is 10.2 Å². The van der Waals surface area contributed by atoms with Crippen molar-refractivity contribution in [1.29, 1.82) is 0 Å². The van der Waals surface area contributed by atoms with Crippen molar-refractivity contribution >= 4 is 39.1 Å². The first-order valence-corrected chi connectivity index (χ1v) is 12.7. The van der Waals surface area contributed by atoms with Crippen molar-refractivity contribution < 1.29 is 14.3 Å². The highest BCUT2D eigenvalue weighted by atomic mass is 32.1. The predicted molar refractivity (Wildman–Crippen MR) is 144 cm³/mol. The number of hydrogen-bond donors (Lipinski definition) is 2. The first kappa shape index (κ1) is 25.9. The molecular formula is C27H28N4O5S. The topological polar surface area (TPSA) is 111 Å². The van der Waals surface area contributed by atoms with Gasteiger partial charge in [-0.25, -0.2) is 4.79 Å². The van der Waals surface area contributed by atoms with Crippen molar-refractivity contribution in [1.82, 2.24) is 14.5 Å². The van der Waals surface area contributed by atoms with E-state index >= 15 is 0 Å². The molecule has 2 amide bonds. The first-order chi connectivity index (χ1) is 17.9. The third kappa shape index (κ3) is 6.34. The van der Waals surface area contributed by atoms with Crippen LogP contribution in [0.2, 0.25) is 0 Å². The van der Waals surface area contributed by atoms with Gasteiger partial charge in [-0.15, -0.1) is 11.3 Å². The summed E-state index contributed by atoms with van der Waals surface area (Å²) in [7, 11) is 1.56. The van der Waals surface area contributed by atoms with E-state index in [1.54, 1.807) is 42.8 Å². The van der Waals surface area contributed by atoms with Gasteiger partial charge in [0.2, 0.25) is 11.8 Å². The van der Waals surface area contributed by atoms with Crippen LogP contribution in [0, 0.1) is 6.92 Å². The Morgan fingerprint density at radius 1 is 0.946 bits per heavy atom. The molecule has 0 unspecified atom stereocenters. The zero-order valence-corrected chi connectivity index (χ0v) is 21.5. The number of methoxy groups -OCH3 is 1. The molecule has 10 heteroatoms. The summed E-state index contributed by atoms with van der Waals surface area (Å²) < 4.78 is 7.92. The molecular weight excluding hydrogens is 492 g/mol. The smallest absolute Gasteiger partial charge is 0.332 e. The highest BCUT2D eigenvalue weighted by Crippen LogP contribution is 2.16. The lowest BCUT2D eigenvalue weighted by molar-refractivity contribution is -0.121. The lowest BCUT2D eigenvalue weighted by atomic mass is 10.1. The molecule has 0 radical (unpaired) electrons. The summed E-state index contributed by atoms with van der Waals surface area (Å²) in [6, 6.07) is 16.4. The molecule has 0 aliphatic heterocycles. The molecule has 192 valence electrons.